The first-order chi connectivity index (χ1) is 19.4. The molecule has 0 saturated heterocycles. The number of unbranched alkanes of at least 4 members (excludes halogenated alkanes) is 1. The van der Waals surface area contributed by atoms with Gasteiger partial charge in [0.25, 0.3) is 0 Å². The van der Waals surface area contributed by atoms with Crippen LogP contribution in [-0.2, 0) is 19.7 Å². The van der Waals surface area contributed by atoms with Gasteiger partial charge in [-0.05, 0) is 52.2 Å². The molecule has 0 aliphatic heterocycles. The number of rotatable bonds is 12. The average molecular weight is 603 g/mol. The summed E-state index contributed by atoms with van der Waals surface area (Å²) in [5, 5.41) is 10.3. The molecule has 0 bridgehead atoms. The summed E-state index contributed by atoms with van der Waals surface area (Å²) in [6, 6.07) is 16.8. The number of amides is 4. The second kappa shape index (κ2) is 14.6. The molecule has 41 heavy (non-hydrogen) atoms. The summed E-state index contributed by atoms with van der Waals surface area (Å²) in [4.78, 5) is 42.0. The van der Waals surface area contributed by atoms with Crippen molar-refractivity contribution in [2.75, 3.05) is 17.2 Å². The molecule has 14 heteroatoms. The monoisotopic (exact) mass is 602 g/mol. The number of carbonyl (C=O) groups excluding carboxylic acids is 3. The molecule has 0 aliphatic rings. The predicted molar refractivity (Wildman–Crippen MR) is 159 cm³/mol. The average Bonchev–Trinajstić information content (AvgIpc) is 3.35. The van der Waals surface area contributed by atoms with E-state index in [0.717, 1.165) is 5.56 Å². The Morgan fingerprint density at radius 1 is 0.951 bits per heavy atom. The molecule has 4 amide bonds. The maximum atomic E-state index is 13.1. The third-order valence-electron chi connectivity index (χ3n) is 5.29. The Morgan fingerprint density at radius 3 is 2.27 bits per heavy atom. The first-order valence-electron chi connectivity index (χ1n) is 12.8. The number of thiazole rings is 1. The summed E-state index contributed by atoms with van der Waals surface area (Å²) < 4.78 is 33.2. The number of urea groups is 1. The van der Waals surface area contributed by atoms with Crippen LogP contribution in [0.1, 0.15) is 40.0 Å². The van der Waals surface area contributed by atoms with Gasteiger partial charge in [-0.2, -0.15) is 13.1 Å². The van der Waals surface area contributed by atoms with E-state index in [4.69, 9.17) is 4.74 Å². The molecule has 0 aliphatic carbocycles. The summed E-state index contributed by atoms with van der Waals surface area (Å²) in [5.74, 6) is -0.464. The summed E-state index contributed by atoms with van der Waals surface area (Å²) in [6.45, 7) is 4.84. The van der Waals surface area contributed by atoms with E-state index in [9.17, 15) is 22.8 Å². The molecular formula is C27H34N6O6S2. The maximum Gasteiger partial charge on any atom is 0.422 e. The number of nitrogens with zero attached hydrogens (tertiary/aromatic N) is 1. The van der Waals surface area contributed by atoms with E-state index in [0.29, 0.717) is 29.4 Å². The Bertz CT molecular complexity index is 1410. The quantitative estimate of drug-likeness (QED) is 0.191. The molecule has 0 radical (unpaired) electrons. The van der Waals surface area contributed by atoms with Crippen LogP contribution in [0.25, 0.3) is 11.3 Å². The van der Waals surface area contributed by atoms with Crippen LogP contribution in [0, 0.1) is 0 Å². The lowest BCUT2D eigenvalue weighted by molar-refractivity contribution is -0.118. The van der Waals surface area contributed by atoms with Crippen molar-refractivity contribution in [2.45, 2.75) is 51.7 Å². The highest BCUT2D eigenvalue weighted by Crippen LogP contribution is 2.24. The van der Waals surface area contributed by atoms with Crippen LogP contribution in [0.3, 0.4) is 0 Å². The van der Waals surface area contributed by atoms with Crippen molar-refractivity contribution in [1.29, 1.82) is 0 Å². The first kappa shape index (κ1) is 31.5. The number of para-hydroxylation sites is 1. The topological polar surface area (TPSA) is 168 Å². The lowest BCUT2D eigenvalue weighted by atomic mass is 10.1. The van der Waals surface area contributed by atoms with Gasteiger partial charge in [-0.15, -0.1) is 11.3 Å². The van der Waals surface area contributed by atoms with E-state index >= 15 is 0 Å². The highest BCUT2D eigenvalue weighted by Gasteiger charge is 2.23. The normalized spacial score (nSPS) is 12.2. The molecule has 5 N–H and O–H groups in total. The van der Waals surface area contributed by atoms with Gasteiger partial charge >= 0.3 is 22.3 Å². The van der Waals surface area contributed by atoms with Gasteiger partial charge in [-0.1, -0.05) is 48.5 Å². The summed E-state index contributed by atoms with van der Waals surface area (Å²) >= 11 is 1.26. The summed E-state index contributed by atoms with van der Waals surface area (Å²) in [5.41, 5.74) is 1.33. The van der Waals surface area contributed by atoms with E-state index in [1.807, 2.05) is 41.8 Å². The Labute approximate surface area is 243 Å². The second-order valence-corrected chi connectivity index (χ2v) is 12.3. The number of carbonyl (C=O) groups is 3. The van der Waals surface area contributed by atoms with E-state index in [1.165, 1.54) is 11.3 Å². The van der Waals surface area contributed by atoms with Crippen LogP contribution in [0.15, 0.2) is 66.0 Å². The molecule has 1 heterocycles. The fraction of sp³-hybridized carbons (Fsp3) is 0.333. The van der Waals surface area contributed by atoms with E-state index < -0.39 is 39.9 Å². The van der Waals surface area contributed by atoms with Crippen molar-refractivity contribution < 1.29 is 27.5 Å². The highest BCUT2D eigenvalue weighted by molar-refractivity contribution is 7.88. The molecule has 2 aromatic carbocycles. The lowest BCUT2D eigenvalue weighted by Gasteiger charge is -2.20. The zero-order chi connectivity index (χ0) is 29.9. The van der Waals surface area contributed by atoms with Crippen LogP contribution in [0.5, 0.6) is 0 Å². The zero-order valence-electron chi connectivity index (χ0n) is 23.0. The Balaban J connectivity index is 1.56. The highest BCUT2D eigenvalue weighted by atomic mass is 32.2. The standard InChI is InChI=1S/C27H34N6O6S2/c1-27(2,3)39-26(36)33-41(37,38)28-17-11-10-16-21(30-24(35)29-20-14-8-5-9-15-20)23(34)32-25-31-22(18-40-25)19-12-6-4-7-13-19/h4-9,12-15,18,21,28H,10-11,16-17H2,1-3H3,(H,33,36)(H2,29,30,35)(H,31,32,34). The molecular weight excluding hydrogens is 568 g/mol. The van der Waals surface area contributed by atoms with Gasteiger partial charge in [0, 0.05) is 23.2 Å². The van der Waals surface area contributed by atoms with Gasteiger partial charge in [-0.25, -0.2) is 19.3 Å². The van der Waals surface area contributed by atoms with Crippen molar-refractivity contribution in [3.8, 4) is 11.3 Å². The number of aromatic nitrogens is 1. The summed E-state index contributed by atoms with van der Waals surface area (Å²) in [7, 11) is -4.13. The van der Waals surface area contributed by atoms with Crippen LogP contribution < -0.4 is 25.4 Å². The minimum atomic E-state index is -4.13. The van der Waals surface area contributed by atoms with Crippen molar-refractivity contribution >= 4 is 50.4 Å². The van der Waals surface area contributed by atoms with Gasteiger partial charge in [-0.3, -0.25) is 4.79 Å². The van der Waals surface area contributed by atoms with Crippen molar-refractivity contribution in [3.63, 3.8) is 0 Å². The Morgan fingerprint density at radius 2 is 1.61 bits per heavy atom. The Hall–Kier alpha value is -4.01. The van der Waals surface area contributed by atoms with Crippen LogP contribution in [0.4, 0.5) is 20.4 Å². The van der Waals surface area contributed by atoms with Crippen molar-refractivity contribution in [1.82, 2.24) is 19.7 Å². The summed E-state index contributed by atoms with van der Waals surface area (Å²) in [6.07, 6.45) is -0.165. The number of ether oxygens (including phenoxy) is 1. The van der Waals surface area contributed by atoms with Gasteiger partial charge < -0.3 is 20.7 Å². The van der Waals surface area contributed by atoms with Gasteiger partial charge in [0.2, 0.25) is 5.91 Å². The SMILES string of the molecule is CC(C)(C)OC(=O)NS(=O)(=O)NCCCCC(NC(=O)Nc1ccccc1)C(=O)Nc1nc(-c2ccccc2)cs1. The molecule has 3 rings (SSSR count). The molecule has 220 valence electrons. The number of nitrogens with one attached hydrogen (secondary N) is 5. The third-order valence-corrected chi connectivity index (χ3v) is 7.06. The van der Waals surface area contributed by atoms with Crippen LogP contribution in [0.2, 0.25) is 0 Å². The van der Waals surface area contributed by atoms with E-state index in [2.05, 4.69) is 25.7 Å². The predicted octanol–water partition coefficient (Wildman–Crippen LogP) is 4.47. The minimum absolute atomic E-state index is 0.00437. The molecule has 0 saturated carbocycles. The number of hydrogen-bond donors (Lipinski definition) is 5. The fourth-order valence-electron chi connectivity index (χ4n) is 3.51. The smallest absolute Gasteiger partial charge is 0.422 e. The molecule has 12 nitrogen and oxygen atoms in total. The van der Waals surface area contributed by atoms with Crippen LogP contribution in [-0.4, -0.2) is 49.6 Å². The zero-order valence-corrected chi connectivity index (χ0v) is 24.6. The number of benzene rings is 2. The lowest BCUT2D eigenvalue weighted by Crippen LogP contribution is -2.45. The van der Waals surface area contributed by atoms with Crippen molar-refractivity contribution in [3.05, 3.63) is 66.0 Å². The Kier molecular flexibility index (Phi) is 11.2. The van der Waals surface area contributed by atoms with Crippen molar-refractivity contribution in [2.24, 2.45) is 0 Å². The fourth-order valence-corrected chi connectivity index (χ4v) is 4.97. The van der Waals surface area contributed by atoms with Crippen LogP contribution >= 0.6 is 11.3 Å². The van der Waals surface area contributed by atoms with E-state index in [-0.39, 0.29) is 13.0 Å². The maximum absolute atomic E-state index is 13.1. The molecule has 1 aromatic heterocycles. The molecule has 0 spiro atoms. The molecule has 3 aromatic rings. The van der Waals surface area contributed by atoms with E-state index in [1.54, 1.807) is 49.8 Å². The van der Waals surface area contributed by atoms with Gasteiger partial charge in [0.05, 0.1) is 5.69 Å². The first-order valence-corrected chi connectivity index (χ1v) is 15.2. The third kappa shape index (κ3) is 11.6. The second-order valence-electron chi connectivity index (χ2n) is 9.91. The number of anilines is 2. The van der Waals surface area contributed by atoms with Gasteiger partial charge in [0.15, 0.2) is 5.13 Å². The largest absolute Gasteiger partial charge is 0.443 e. The molecule has 1 atom stereocenters. The minimum Gasteiger partial charge on any atom is -0.443 e. The molecule has 0 fully saturated rings. The number of hydrogen-bond acceptors (Lipinski definition) is 8. The van der Waals surface area contributed by atoms with Gasteiger partial charge in [0.1, 0.15) is 11.6 Å². The molecule has 1 unspecified atom stereocenters.